The van der Waals surface area contributed by atoms with E-state index in [2.05, 4.69) is 9.88 Å². The molecule has 1 amide bonds. The second kappa shape index (κ2) is 8.26. The first-order valence-electron chi connectivity index (χ1n) is 9.56. The maximum absolute atomic E-state index is 12.5. The summed E-state index contributed by atoms with van der Waals surface area (Å²) < 4.78 is 10.7. The zero-order chi connectivity index (χ0) is 20.2. The van der Waals surface area contributed by atoms with Crippen molar-refractivity contribution < 1.29 is 19.1 Å². The Bertz CT molecular complexity index is 1020. The number of nitrogens with one attached hydrogen (secondary N) is 1. The maximum Gasteiger partial charge on any atom is 0.340 e. The minimum Gasteiger partial charge on any atom is -0.495 e. The second-order valence-corrected chi connectivity index (χ2v) is 6.86. The van der Waals surface area contributed by atoms with Crippen molar-refractivity contribution in [3.63, 3.8) is 0 Å². The average Bonchev–Trinajstić information content (AvgIpc) is 3.21. The van der Waals surface area contributed by atoms with Gasteiger partial charge in [-0.3, -0.25) is 4.79 Å². The second-order valence-electron chi connectivity index (χ2n) is 6.86. The molecule has 2 aromatic carbocycles. The largest absolute Gasteiger partial charge is 0.495 e. The third kappa shape index (κ3) is 3.89. The maximum atomic E-state index is 12.5. The Balaban J connectivity index is 1.31. The lowest BCUT2D eigenvalue weighted by atomic mass is 10.2. The summed E-state index contributed by atoms with van der Waals surface area (Å²) in [7, 11) is 1.65. The zero-order valence-corrected chi connectivity index (χ0v) is 16.3. The van der Waals surface area contributed by atoms with E-state index >= 15 is 0 Å². The average molecular weight is 393 g/mol. The van der Waals surface area contributed by atoms with Crippen LogP contribution in [0.2, 0.25) is 0 Å². The van der Waals surface area contributed by atoms with Crippen molar-refractivity contribution in [2.75, 3.05) is 44.8 Å². The number of aromatic amines is 1. The summed E-state index contributed by atoms with van der Waals surface area (Å²) in [6, 6.07) is 15.3. The predicted molar refractivity (Wildman–Crippen MR) is 110 cm³/mol. The van der Waals surface area contributed by atoms with Gasteiger partial charge >= 0.3 is 5.97 Å². The lowest BCUT2D eigenvalue weighted by Gasteiger charge is -2.36. The molecule has 0 saturated carbocycles. The summed E-state index contributed by atoms with van der Waals surface area (Å²) in [5.74, 6) is 0.140. The number of nitrogens with zero attached hydrogens (tertiary/aromatic N) is 2. The van der Waals surface area contributed by atoms with E-state index in [1.807, 2.05) is 48.5 Å². The Kier molecular flexibility index (Phi) is 5.37. The standard InChI is InChI=1S/C22H23N3O4/c1-28-20-9-5-4-8-19(20)24-10-12-25(13-11-24)21(26)15-29-22(27)17-14-23-18-7-3-2-6-16(17)18/h2-9,14,23H,10-13,15H2,1H3. The van der Waals surface area contributed by atoms with Crippen LogP contribution in [-0.2, 0) is 9.53 Å². The van der Waals surface area contributed by atoms with Crippen LogP contribution in [0.1, 0.15) is 10.4 Å². The van der Waals surface area contributed by atoms with Gasteiger partial charge in [-0.25, -0.2) is 4.79 Å². The SMILES string of the molecule is COc1ccccc1N1CCN(C(=O)COC(=O)c2c[nH]c3ccccc23)CC1. The van der Waals surface area contributed by atoms with Crippen molar-refractivity contribution >= 4 is 28.5 Å². The third-order valence-corrected chi connectivity index (χ3v) is 5.19. The molecule has 0 radical (unpaired) electrons. The van der Waals surface area contributed by atoms with Crippen molar-refractivity contribution in [1.82, 2.24) is 9.88 Å². The Labute approximate surface area is 168 Å². The zero-order valence-electron chi connectivity index (χ0n) is 16.3. The van der Waals surface area contributed by atoms with Gasteiger partial charge in [-0.15, -0.1) is 0 Å². The first-order valence-corrected chi connectivity index (χ1v) is 9.56. The number of hydrogen-bond acceptors (Lipinski definition) is 5. The van der Waals surface area contributed by atoms with Gasteiger partial charge in [0.05, 0.1) is 18.4 Å². The van der Waals surface area contributed by atoms with Gasteiger partial charge in [-0.05, 0) is 18.2 Å². The fourth-order valence-corrected chi connectivity index (χ4v) is 3.62. The van der Waals surface area contributed by atoms with E-state index < -0.39 is 5.97 Å². The molecule has 150 valence electrons. The quantitative estimate of drug-likeness (QED) is 0.675. The fourth-order valence-electron chi connectivity index (χ4n) is 3.62. The number of carbonyl (C=O) groups excluding carboxylic acids is 2. The molecule has 1 aliphatic rings. The highest BCUT2D eigenvalue weighted by atomic mass is 16.5. The molecule has 0 aliphatic carbocycles. The molecule has 1 aliphatic heterocycles. The first-order chi connectivity index (χ1) is 14.2. The van der Waals surface area contributed by atoms with Crippen LogP contribution in [0.5, 0.6) is 5.75 Å². The van der Waals surface area contributed by atoms with Gasteiger partial charge in [0.2, 0.25) is 0 Å². The van der Waals surface area contributed by atoms with Crippen molar-refractivity contribution in [2.24, 2.45) is 0 Å². The fraction of sp³-hybridized carbons (Fsp3) is 0.273. The molecule has 7 nitrogen and oxygen atoms in total. The molecular weight excluding hydrogens is 370 g/mol. The third-order valence-electron chi connectivity index (χ3n) is 5.19. The van der Waals surface area contributed by atoms with E-state index in [0.29, 0.717) is 31.7 Å². The number of para-hydroxylation sites is 3. The van der Waals surface area contributed by atoms with Crippen LogP contribution >= 0.6 is 0 Å². The molecule has 1 saturated heterocycles. The molecule has 29 heavy (non-hydrogen) atoms. The number of anilines is 1. The molecule has 3 aromatic rings. The molecule has 0 bridgehead atoms. The van der Waals surface area contributed by atoms with Crippen molar-refractivity contribution in [2.45, 2.75) is 0 Å². The van der Waals surface area contributed by atoms with Gasteiger partial charge in [-0.2, -0.15) is 0 Å². The van der Waals surface area contributed by atoms with Crippen molar-refractivity contribution in [3.05, 3.63) is 60.3 Å². The van der Waals surface area contributed by atoms with Gasteiger partial charge < -0.3 is 24.3 Å². The van der Waals surface area contributed by atoms with E-state index in [1.54, 1.807) is 18.2 Å². The number of fused-ring (bicyclic) bond motifs is 1. The van der Waals surface area contributed by atoms with E-state index in [-0.39, 0.29) is 12.5 Å². The molecule has 0 unspecified atom stereocenters. The number of esters is 1. The molecule has 7 heteroatoms. The molecule has 2 heterocycles. The van der Waals surface area contributed by atoms with Crippen LogP contribution in [0.15, 0.2) is 54.7 Å². The predicted octanol–water partition coefficient (Wildman–Crippen LogP) is 2.68. The smallest absolute Gasteiger partial charge is 0.340 e. The summed E-state index contributed by atoms with van der Waals surface area (Å²) >= 11 is 0. The molecule has 4 rings (SSSR count). The van der Waals surface area contributed by atoms with Crippen LogP contribution in [-0.4, -0.2) is 61.7 Å². The summed E-state index contributed by atoms with van der Waals surface area (Å²) in [5, 5.41) is 0.787. The lowest BCUT2D eigenvalue weighted by Crippen LogP contribution is -2.50. The first kappa shape index (κ1) is 18.9. The number of piperazine rings is 1. The van der Waals surface area contributed by atoms with Crippen LogP contribution in [0.4, 0.5) is 5.69 Å². The highest BCUT2D eigenvalue weighted by Gasteiger charge is 2.24. The molecule has 1 fully saturated rings. The number of ether oxygens (including phenoxy) is 2. The Hall–Kier alpha value is -3.48. The molecular formula is C22H23N3O4. The van der Waals surface area contributed by atoms with Gasteiger partial charge in [-0.1, -0.05) is 30.3 Å². The van der Waals surface area contributed by atoms with Crippen molar-refractivity contribution in [1.29, 1.82) is 0 Å². The molecule has 1 N–H and O–H groups in total. The molecule has 0 atom stereocenters. The Morgan fingerprint density at radius 1 is 1.00 bits per heavy atom. The minimum absolute atomic E-state index is 0.183. The van der Waals surface area contributed by atoms with E-state index in [9.17, 15) is 9.59 Å². The van der Waals surface area contributed by atoms with E-state index in [0.717, 1.165) is 22.3 Å². The topological polar surface area (TPSA) is 74.9 Å². The van der Waals surface area contributed by atoms with Crippen LogP contribution in [0.3, 0.4) is 0 Å². The summed E-state index contributed by atoms with van der Waals surface area (Å²) in [6.45, 7) is 2.28. The van der Waals surface area contributed by atoms with Gasteiger partial charge in [0.15, 0.2) is 6.61 Å². The summed E-state index contributed by atoms with van der Waals surface area (Å²) in [6.07, 6.45) is 1.61. The van der Waals surface area contributed by atoms with Crippen LogP contribution in [0.25, 0.3) is 10.9 Å². The monoisotopic (exact) mass is 393 g/mol. The number of methoxy groups -OCH3 is 1. The Morgan fingerprint density at radius 2 is 1.72 bits per heavy atom. The van der Waals surface area contributed by atoms with Gasteiger partial charge in [0.25, 0.3) is 5.91 Å². The lowest BCUT2D eigenvalue weighted by molar-refractivity contribution is -0.134. The van der Waals surface area contributed by atoms with Crippen LogP contribution < -0.4 is 9.64 Å². The summed E-state index contributed by atoms with van der Waals surface area (Å²) in [4.78, 5) is 31.8. The minimum atomic E-state index is -0.497. The molecule has 0 spiro atoms. The number of carbonyl (C=O) groups is 2. The van der Waals surface area contributed by atoms with E-state index in [1.165, 1.54) is 0 Å². The number of hydrogen-bond donors (Lipinski definition) is 1. The number of aromatic nitrogens is 1. The number of amides is 1. The summed E-state index contributed by atoms with van der Waals surface area (Å²) in [5.41, 5.74) is 2.32. The van der Waals surface area contributed by atoms with Crippen LogP contribution in [0, 0.1) is 0 Å². The normalized spacial score (nSPS) is 14.1. The van der Waals surface area contributed by atoms with Gasteiger partial charge in [0, 0.05) is 43.3 Å². The number of rotatable bonds is 5. The highest BCUT2D eigenvalue weighted by molar-refractivity contribution is 6.04. The highest BCUT2D eigenvalue weighted by Crippen LogP contribution is 2.28. The molecule has 1 aromatic heterocycles. The Morgan fingerprint density at radius 3 is 2.52 bits per heavy atom. The number of H-pyrrole nitrogens is 1. The van der Waals surface area contributed by atoms with E-state index in [4.69, 9.17) is 9.47 Å². The van der Waals surface area contributed by atoms with Crippen molar-refractivity contribution in [3.8, 4) is 5.75 Å². The number of benzene rings is 2. The van der Waals surface area contributed by atoms with Gasteiger partial charge in [0.1, 0.15) is 5.75 Å².